The lowest BCUT2D eigenvalue weighted by atomic mass is 10.1. The zero-order valence-electron chi connectivity index (χ0n) is 12.6. The van der Waals surface area contributed by atoms with Crippen molar-refractivity contribution in [1.82, 2.24) is 5.32 Å². The zero-order valence-corrected chi connectivity index (χ0v) is 12.6. The molecule has 21 heavy (non-hydrogen) atoms. The highest BCUT2D eigenvalue weighted by Crippen LogP contribution is 2.36. The maximum atomic E-state index is 12.4. The van der Waals surface area contributed by atoms with Crippen LogP contribution in [-0.2, 0) is 19.0 Å². The van der Waals surface area contributed by atoms with Gasteiger partial charge in [0.25, 0.3) is 5.91 Å². The standard InChI is InChI=1S/C16H21NO4/c1-4-19-14-13(12-10-8-7-9-11-12)15(18)17-16(14,20-5-2)21-6-3/h7-11H,4-6H2,1-3H3,(H,17,18). The van der Waals surface area contributed by atoms with E-state index in [0.29, 0.717) is 31.2 Å². The monoisotopic (exact) mass is 291 g/mol. The lowest BCUT2D eigenvalue weighted by molar-refractivity contribution is -0.238. The van der Waals surface area contributed by atoms with Crippen LogP contribution in [0.4, 0.5) is 0 Å². The molecule has 1 aliphatic heterocycles. The summed E-state index contributed by atoms with van der Waals surface area (Å²) >= 11 is 0. The lowest BCUT2D eigenvalue weighted by Gasteiger charge is -2.30. The van der Waals surface area contributed by atoms with Crippen molar-refractivity contribution in [3.63, 3.8) is 0 Å². The molecule has 1 N–H and O–H groups in total. The van der Waals surface area contributed by atoms with Crippen molar-refractivity contribution < 1.29 is 19.0 Å². The average Bonchev–Trinajstić information content (AvgIpc) is 2.73. The fraction of sp³-hybridized carbons (Fsp3) is 0.438. The number of carbonyl (C=O) groups excluding carboxylic acids is 1. The van der Waals surface area contributed by atoms with Gasteiger partial charge in [0.2, 0.25) is 0 Å². The molecule has 1 aliphatic rings. The van der Waals surface area contributed by atoms with Crippen LogP contribution in [0.2, 0.25) is 0 Å². The fourth-order valence-corrected chi connectivity index (χ4v) is 2.37. The first-order valence-electron chi connectivity index (χ1n) is 7.21. The summed E-state index contributed by atoms with van der Waals surface area (Å²) in [4.78, 5) is 12.4. The molecule has 5 heteroatoms. The molecule has 1 aromatic carbocycles. The van der Waals surface area contributed by atoms with Gasteiger partial charge in [-0.2, -0.15) is 0 Å². The Morgan fingerprint density at radius 2 is 1.62 bits per heavy atom. The molecule has 0 bridgehead atoms. The van der Waals surface area contributed by atoms with E-state index in [1.807, 2.05) is 51.1 Å². The van der Waals surface area contributed by atoms with E-state index >= 15 is 0 Å². The molecule has 0 radical (unpaired) electrons. The van der Waals surface area contributed by atoms with E-state index in [0.717, 1.165) is 5.56 Å². The first-order valence-corrected chi connectivity index (χ1v) is 7.21. The van der Waals surface area contributed by atoms with Crippen LogP contribution in [-0.4, -0.2) is 31.6 Å². The average molecular weight is 291 g/mol. The SMILES string of the molecule is CCOC1=C(c2ccccc2)C(=O)NC1(OCC)OCC. The second-order valence-corrected chi connectivity index (χ2v) is 4.44. The number of carbonyl (C=O) groups is 1. The molecule has 1 amide bonds. The number of nitrogens with one attached hydrogen (secondary N) is 1. The summed E-state index contributed by atoms with van der Waals surface area (Å²) in [5.74, 6) is -1.20. The maximum absolute atomic E-state index is 12.4. The molecular weight excluding hydrogens is 270 g/mol. The topological polar surface area (TPSA) is 56.8 Å². The summed E-state index contributed by atoms with van der Waals surface area (Å²) in [6, 6.07) is 9.38. The molecule has 114 valence electrons. The summed E-state index contributed by atoms with van der Waals surface area (Å²) in [7, 11) is 0. The van der Waals surface area contributed by atoms with Crippen molar-refractivity contribution in [1.29, 1.82) is 0 Å². The van der Waals surface area contributed by atoms with E-state index in [1.165, 1.54) is 0 Å². The van der Waals surface area contributed by atoms with Gasteiger partial charge in [-0.05, 0) is 26.3 Å². The van der Waals surface area contributed by atoms with Crippen molar-refractivity contribution in [2.75, 3.05) is 19.8 Å². The molecule has 0 aromatic heterocycles. The van der Waals surface area contributed by atoms with Gasteiger partial charge in [-0.25, -0.2) is 0 Å². The number of ether oxygens (including phenoxy) is 3. The normalized spacial score (nSPS) is 17.0. The molecule has 1 aromatic rings. The third-order valence-corrected chi connectivity index (χ3v) is 3.08. The van der Waals surface area contributed by atoms with Gasteiger partial charge in [-0.1, -0.05) is 30.3 Å². The lowest BCUT2D eigenvalue weighted by Crippen LogP contribution is -2.50. The molecule has 5 nitrogen and oxygen atoms in total. The van der Waals surface area contributed by atoms with Gasteiger partial charge in [0.15, 0.2) is 5.76 Å². The third-order valence-electron chi connectivity index (χ3n) is 3.08. The Bertz CT molecular complexity index is 518. The first kappa shape index (κ1) is 15.5. The van der Waals surface area contributed by atoms with Gasteiger partial charge >= 0.3 is 5.91 Å². The Morgan fingerprint density at radius 1 is 1.00 bits per heavy atom. The van der Waals surface area contributed by atoms with Crippen LogP contribution in [0, 0.1) is 0 Å². The summed E-state index contributed by atoms with van der Waals surface area (Å²) < 4.78 is 17.1. The van der Waals surface area contributed by atoms with E-state index < -0.39 is 5.91 Å². The van der Waals surface area contributed by atoms with Crippen LogP contribution in [0.5, 0.6) is 0 Å². The van der Waals surface area contributed by atoms with Crippen molar-refractivity contribution in [3.05, 3.63) is 41.7 Å². The Morgan fingerprint density at radius 3 is 2.14 bits per heavy atom. The van der Waals surface area contributed by atoms with Crippen molar-refractivity contribution in [3.8, 4) is 0 Å². The third kappa shape index (κ3) is 2.94. The van der Waals surface area contributed by atoms with Crippen LogP contribution in [0.15, 0.2) is 36.1 Å². The zero-order chi connectivity index (χ0) is 15.3. The summed E-state index contributed by atoms with van der Waals surface area (Å²) in [6.45, 7) is 6.75. The smallest absolute Gasteiger partial charge is 0.314 e. The van der Waals surface area contributed by atoms with Crippen molar-refractivity contribution in [2.24, 2.45) is 0 Å². The van der Waals surface area contributed by atoms with Gasteiger partial charge in [-0.3, -0.25) is 10.1 Å². The predicted octanol–water partition coefficient (Wildman–Crippen LogP) is 2.29. The van der Waals surface area contributed by atoms with E-state index in [-0.39, 0.29) is 5.91 Å². The van der Waals surface area contributed by atoms with Gasteiger partial charge in [0.05, 0.1) is 12.2 Å². The fourth-order valence-electron chi connectivity index (χ4n) is 2.37. The minimum Gasteiger partial charge on any atom is -0.490 e. The Labute approximate surface area is 124 Å². The highest BCUT2D eigenvalue weighted by Gasteiger charge is 2.49. The molecule has 0 unspecified atom stereocenters. The second-order valence-electron chi connectivity index (χ2n) is 4.44. The molecule has 0 saturated carbocycles. The minimum absolute atomic E-state index is 0.258. The van der Waals surface area contributed by atoms with Gasteiger partial charge < -0.3 is 14.2 Å². The quantitative estimate of drug-likeness (QED) is 0.783. The molecule has 0 saturated heterocycles. The summed E-state index contributed by atoms with van der Waals surface area (Å²) in [5.41, 5.74) is 1.24. The van der Waals surface area contributed by atoms with Crippen LogP contribution in [0.1, 0.15) is 26.3 Å². The van der Waals surface area contributed by atoms with Crippen LogP contribution in [0.25, 0.3) is 5.57 Å². The molecule has 0 atom stereocenters. The molecule has 1 heterocycles. The molecule has 0 aliphatic carbocycles. The van der Waals surface area contributed by atoms with E-state index in [9.17, 15) is 4.79 Å². The summed E-state index contributed by atoms with van der Waals surface area (Å²) in [5, 5.41) is 2.77. The molecule has 2 rings (SSSR count). The Kier molecular flexibility index (Phi) is 4.98. The number of hydrogen-bond acceptors (Lipinski definition) is 4. The predicted molar refractivity (Wildman–Crippen MR) is 79.1 cm³/mol. The van der Waals surface area contributed by atoms with Crippen LogP contribution < -0.4 is 5.32 Å². The van der Waals surface area contributed by atoms with Crippen molar-refractivity contribution in [2.45, 2.75) is 26.7 Å². The highest BCUT2D eigenvalue weighted by atomic mass is 16.7. The van der Waals surface area contributed by atoms with Gasteiger partial charge in [0, 0.05) is 13.2 Å². The van der Waals surface area contributed by atoms with E-state index in [4.69, 9.17) is 14.2 Å². The minimum atomic E-state index is -1.33. The van der Waals surface area contributed by atoms with Crippen LogP contribution in [0.3, 0.4) is 0 Å². The van der Waals surface area contributed by atoms with Crippen LogP contribution >= 0.6 is 0 Å². The Balaban J connectivity index is 2.54. The molecule has 0 spiro atoms. The highest BCUT2D eigenvalue weighted by molar-refractivity contribution is 6.22. The largest absolute Gasteiger partial charge is 0.490 e. The Hall–Kier alpha value is -1.85. The van der Waals surface area contributed by atoms with E-state index in [1.54, 1.807) is 0 Å². The van der Waals surface area contributed by atoms with Gasteiger partial charge in [-0.15, -0.1) is 0 Å². The number of benzene rings is 1. The molecular formula is C16H21NO4. The number of amides is 1. The van der Waals surface area contributed by atoms with Gasteiger partial charge in [0.1, 0.15) is 0 Å². The molecule has 0 fully saturated rings. The van der Waals surface area contributed by atoms with Crippen molar-refractivity contribution >= 4 is 11.5 Å². The first-order chi connectivity index (χ1) is 10.2. The number of hydrogen-bond donors (Lipinski definition) is 1. The van der Waals surface area contributed by atoms with E-state index in [2.05, 4.69) is 5.32 Å². The summed E-state index contributed by atoms with van der Waals surface area (Å²) in [6.07, 6.45) is 0. The number of rotatable bonds is 7. The second kappa shape index (κ2) is 6.74. The maximum Gasteiger partial charge on any atom is 0.314 e.